The van der Waals surface area contributed by atoms with E-state index in [1.165, 1.54) is 31.2 Å². The molecule has 1 fully saturated rings. The summed E-state index contributed by atoms with van der Waals surface area (Å²) in [5.41, 5.74) is 4.44. The molecule has 1 saturated carbocycles. The molecular formula is C14H21NO. The van der Waals surface area contributed by atoms with Crippen molar-refractivity contribution in [2.24, 2.45) is 5.92 Å². The monoisotopic (exact) mass is 219 g/mol. The molecular weight excluding hydrogens is 198 g/mol. The van der Waals surface area contributed by atoms with Gasteiger partial charge in [-0.15, -0.1) is 0 Å². The molecule has 0 radical (unpaired) electrons. The normalized spacial score (nSPS) is 25.6. The first kappa shape index (κ1) is 11.6. The molecule has 1 aliphatic rings. The number of hydrogen-bond acceptors (Lipinski definition) is 2. The Kier molecular flexibility index (Phi) is 4.37. The van der Waals surface area contributed by atoms with E-state index >= 15 is 0 Å². The number of hydrogen-bond donors (Lipinski definition) is 1. The Bertz CT molecular complexity index is 299. The fraction of sp³-hybridized carbons (Fsp3) is 0.571. The Hall–Kier alpha value is -0.860. The van der Waals surface area contributed by atoms with Gasteiger partial charge in [0.05, 0.1) is 6.61 Å². The highest BCUT2D eigenvalue weighted by atomic mass is 16.6. The minimum atomic E-state index is 0.539. The molecule has 88 valence electrons. The third-order valence-electron chi connectivity index (χ3n) is 3.43. The van der Waals surface area contributed by atoms with Crippen LogP contribution in [-0.2, 0) is 11.4 Å². The van der Waals surface area contributed by atoms with Crippen LogP contribution in [-0.4, -0.2) is 6.04 Å². The second kappa shape index (κ2) is 6.02. The van der Waals surface area contributed by atoms with Gasteiger partial charge in [0.2, 0.25) is 0 Å². The molecule has 1 N–H and O–H groups in total. The van der Waals surface area contributed by atoms with E-state index in [2.05, 4.69) is 24.5 Å². The number of hydroxylamine groups is 1. The van der Waals surface area contributed by atoms with Gasteiger partial charge in [0.25, 0.3) is 0 Å². The third kappa shape index (κ3) is 3.32. The predicted octanol–water partition coefficient (Wildman–Crippen LogP) is 3.29. The fourth-order valence-corrected chi connectivity index (χ4v) is 2.30. The average molecular weight is 219 g/mol. The molecule has 16 heavy (non-hydrogen) atoms. The molecule has 0 heterocycles. The molecule has 0 amide bonds. The van der Waals surface area contributed by atoms with Crippen molar-refractivity contribution in [3.8, 4) is 0 Å². The SMILES string of the molecule is CC1CCCCC1NOCc1ccccc1. The minimum absolute atomic E-state index is 0.539. The Morgan fingerprint density at radius 3 is 2.69 bits per heavy atom. The molecule has 1 aliphatic carbocycles. The number of rotatable bonds is 4. The maximum Gasteiger partial charge on any atom is 0.0933 e. The van der Waals surface area contributed by atoms with Gasteiger partial charge < -0.3 is 0 Å². The van der Waals surface area contributed by atoms with Crippen molar-refractivity contribution < 1.29 is 4.84 Å². The van der Waals surface area contributed by atoms with Gasteiger partial charge in [0.1, 0.15) is 0 Å². The van der Waals surface area contributed by atoms with E-state index in [9.17, 15) is 0 Å². The average Bonchev–Trinajstić information content (AvgIpc) is 2.33. The van der Waals surface area contributed by atoms with Crippen molar-refractivity contribution in [1.82, 2.24) is 5.48 Å². The Morgan fingerprint density at radius 1 is 1.19 bits per heavy atom. The van der Waals surface area contributed by atoms with Crippen LogP contribution in [0.4, 0.5) is 0 Å². The summed E-state index contributed by atoms with van der Waals surface area (Å²) in [5, 5.41) is 0. The van der Waals surface area contributed by atoms with Crippen LogP contribution in [0.5, 0.6) is 0 Å². The van der Waals surface area contributed by atoms with E-state index in [0.717, 1.165) is 5.92 Å². The van der Waals surface area contributed by atoms with Gasteiger partial charge in [-0.05, 0) is 24.3 Å². The lowest BCUT2D eigenvalue weighted by molar-refractivity contribution is -0.0174. The van der Waals surface area contributed by atoms with Crippen LogP contribution < -0.4 is 5.48 Å². The topological polar surface area (TPSA) is 21.3 Å². The first-order valence-electron chi connectivity index (χ1n) is 6.27. The van der Waals surface area contributed by atoms with Crippen LogP contribution in [0.15, 0.2) is 30.3 Å². The lowest BCUT2D eigenvalue weighted by atomic mass is 9.86. The number of benzene rings is 1. The summed E-state index contributed by atoms with van der Waals surface area (Å²) >= 11 is 0. The molecule has 0 bridgehead atoms. The highest BCUT2D eigenvalue weighted by molar-refractivity contribution is 5.13. The highest BCUT2D eigenvalue weighted by Gasteiger charge is 2.20. The quantitative estimate of drug-likeness (QED) is 0.785. The molecule has 2 nitrogen and oxygen atoms in total. The van der Waals surface area contributed by atoms with Gasteiger partial charge in [-0.2, -0.15) is 5.48 Å². The maximum absolute atomic E-state index is 5.58. The molecule has 2 rings (SSSR count). The van der Waals surface area contributed by atoms with E-state index in [1.807, 2.05) is 18.2 Å². The van der Waals surface area contributed by atoms with Crippen molar-refractivity contribution in [1.29, 1.82) is 0 Å². The summed E-state index contributed by atoms with van der Waals surface area (Å²) < 4.78 is 0. The molecule has 0 saturated heterocycles. The maximum atomic E-state index is 5.58. The van der Waals surface area contributed by atoms with E-state index in [-0.39, 0.29) is 0 Å². The van der Waals surface area contributed by atoms with Crippen LogP contribution in [0.3, 0.4) is 0 Å². The van der Waals surface area contributed by atoms with Gasteiger partial charge in [-0.3, -0.25) is 4.84 Å². The molecule has 0 spiro atoms. The smallest absolute Gasteiger partial charge is 0.0933 e. The van der Waals surface area contributed by atoms with Crippen LogP contribution in [0.2, 0.25) is 0 Å². The van der Waals surface area contributed by atoms with E-state index in [0.29, 0.717) is 12.6 Å². The molecule has 0 aliphatic heterocycles. The van der Waals surface area contributed by atoms with E-state index < -0.39 is 0 Å². The lowest BCUT2D eigenvalue weighted by Gasteiger charge is -2.28. The van der Waals surface area contributed by atoms with Crippen molar-refractivity contribution in [3.63, 3.8) is 0 Å². The fourth-order valence-electron chi connectivity index (χ4n) is 2.30. The number of nitrogens with one attached hydrogen (secondary N) is 1. The Balaban J connectivity index is 1.71. The van der Waals surface area contributed by atoms with E-state index in [1.54, 1.807) is 0 Å². The van der Waals surface area contributed by atoms with Crippen LogP contribution >= 0.6 is 0 Å². The standard InChI is InChI=1S/C14H21NO/c1-12-7-5-6-10-14(12)15-16-11-13-8-3-2-4-9-13/h2-4,8-9,12,14-15H,5-7,10-11H2,1H3. The van der Waals surface area contributed by atoms with E-state index in [4.69, 9.17) is 4.84 Å². The summed E-state index contributed by atoms with van der Waals surface area (Å²) in [6.45, 7) is 2.97. The van der Waals surface area contributed by atoms with Crippen molar-refractivity contribution in [2.45, 2.75) is 45.3 Å². The molecule has 2 atom stereocenters. The molecule has 0 aromatic heterocycles. The largest absolute Gasteiger partial charge is 0.297 e. The zero-order valence-electron chi connectivity index (χ0n) is 9.99. The molecule has 2 heteroatoms. The van der Waals surface area contributed by atoms with Crippen LogP contribution in [0, 0.1) is 5.92 Å². The summed E-state index contributed by atoms with van der Waals surface area (Å²) in [5.74, 6) is 0.740. The Morgan fingerprint density at radius 2 is 1.94 bits per heavy atom. The van der Waals surface area contributed by atoms with Crippen LogP contribution in [0.1, 0.15) is 38.2 Å². The zero-order chi connectivity index (χ0) is 11.2. The van der Waals surface area contributed by atoms with Gasteiger partial charge >= 0.3 is 0 Å². The highest BCUT2D eigenvalue weighted by Crippen LogP contribution is 2.23. The second-order valence-electron chi connectivity index (χ2n) is 4.76. The van der Waals surface area contributed by atoms with Crippen LogP contribution in [0.25, 0.3) is 0 Å². The second-order valence-corrected chi connectivity index (χ2v) is 4.76. The minimum Gasteiger partial charge on any atom is -0.297 e. The third-order valence-corrected chi connectivity index (χ3v) is 3.43. The molecule has 1 aromatic carbocycles. The summed E-state index contributed by atoms with van der Waals surface area (Å²) in [4.78, 5) is 5.58. The summed E-state index contributed by atoms with van der Waals surface area (Å²) in [6, 6.07) is 10.8. The summed E-state index contributed by atoms with van der Waals surface area (Å²) in [7, 11) is 0. The van der Waals surface area contributed by atoms with Gasteiger partial charge in [0.15, 0.2) is 0 Å². The first-order valence-corrected chi connectivity index (χ1v) is 6.27. The summed E-state index contributed by atoms with van der Waals surface area (Å²) in [6.07, 6.45) is 5.27. The Labute approximate surface area is 98.0 Å². The van der Waals surface area contributed by atoms with Gasteiger partial charge in [-0.1, -0.05) is 50.1 Å². The molecule has 1 aromatic rings. The zero-order valence-corrected chi connectivity index (χ0v) is 9.99. The first-order chi connectivity index (χ1) is 7.86. The lowest BCUT2D eigenvalue weighted by Crippen LogP contribution is -2.37. The van der Waals surface area contributed by atoms with Crippen molar-refractivity contribution >= 4 is 0 Å². The van der Waals surface area contributed by atoms with Crippen molar-refractivity contribution in [3.05, 3.63) is 35.9 Å². The predicted molar refractivity (Wildman–Crippen MR) is 65.8 cm³/mol. The van der Waals surface area contributed by atoms with Gasteiger partial charge in [-0.25, -0.2) is 0 Å². The van der Waals surface area contributed by atoms with Gasteiger partial charge in [0, 0.05) is 6.04 Å². The van der Waals surface area contributed by atoms with Crippen molar-refractivity contribution in [2.75, 3.05) is 0 Å². The molecule has 2 unspecified atom stereocenters.